The number of nitrogens with one attached hydrogen (secondary N) is 1. The SMILES string of the molecule is CC(C)N1CCCC1.CCC.CCNCC. The van der Waals surface area contributed by atoms with Crippen molar-refractivity contribution in [2.24, 2.45) is 0 Å². The zero-order chi connectivity index (χ0) is 12.8. The van der Waals surface area contributed by atoms with E-state index in [-0.39, 0.29) is 0 Å². The molecule has 1 aliphatic heterocycles. The van der Waals surface area contributed by atoms with E-state index < -0.39 is 0 Å². The van der Waals surface area contributed by atoms with Crippen LogP contribution in [0.5, 0.6) is 0 Å². The van der Waals surface area contributed by atoms with Gasteiger partial charge in [-0.15, -0.1) is 0 Å². The second kappa shape index (κ2) is 14.9. The summed E-state index contributed by atoms with van der Waals surface area (Å²) < 4.78 is 0. The van der Waals surface area contributed by atoms with Crippen LogP contribution >= 0.6 is 0 Å². The van der Waals surface area contributed by atoms with Crippen LogP contribution in [0.25, 0.3) is 0 Å². The van der Waals surface area contributed by atoms with Crippen LogP contribution in [-0.4, -0.2) is 37.1 Å². The van der Waals surface area contributed by atoms with Gasteiger partial charge in [0.05, 0.1) is 0 Å². The Hall–Kier alpha value is -0.0800. The fraction of sp³-hybridized carbons (Fsp3) is 1.00. The Morgan fingerprint density at radius 2 is 1.31 bits per heavy atom. The van der Waals surface area contributed by atoms with E-state index in [1.807, 2.05) is 0 Å². The molecule has 1 fully saturated rings. The van der Waals surface area contributed by atoms with Crippen molar-refractivity contribution >= 4 is 0 Å². The van der Waals surface area contributed by atoms with Crippen molar-refractivity contribution < 1.29 is 0 Å². The van der Waals surface area contributed by atoms with Gasteiger partial charge in [-0.05, 0) is 52.9 Å². The molecule has 1 saturated heterocycles. The van der Waals surface area contributed by atoms with Crippen LogP contribution in [-0.2, 0) is 0 Å². The van der Waals surface area contributed by atoms with Gasteiger partial charge in [-0.25, -0.2) is 0 Å². The van der Waals surface area contributed by atoms with E-state index in [9.17, 15) is 0 Å². The molecule has 0 radical (unpaired) electrons. The van der Waals surface area contributed by atoms with E-state index in [1.54, 1.807) is 0 Å². The molecule has 1 rings (SSSR count). The van der Waals surface area contributed by atoms with Crippen LogP contribution in [0.15, 0.2) is 0 Å². The predicted octanol–water partition coefficient (Wildman–Crippen LogP) is 3.52. The van der Waals surface area contributed by atoms with Crippen LogP contribution in [0.2, 0.25) is 0 Å². The van der Waals surface area contributed by atoms with Crippen molar-refractivity contribution in [1.82, 2.24) is 10.2 Å². The maximum atomic E-state index is 3.11. The number of likely N-dealkylation sites (tertiary alicyclic amines) is 1. The Morgan fingerprint density at radius 3 is 1.44 bits per heavy atom. The lowest BCUT2D eigenvalue weighted by Gasteiger charge is -2.18. The molecular weight excluding hydrogens is 196 g/mol. The molecule has 1 heterocycles. The third-order valence-electron chi connectivity index (χ3n) is 2.37. The molecule has 1 N–H and O–H groups in total. The van der Waals surface area contributed by atoms with Crippen molar-refractivity contribution in [2.75, 3.05) is 26.2 Å². The molecule has 2 heteroatoms. The van der Waals surface area contributed by atoms with Crippen molar-refractivity contribution in [1.29, 1.82) is 0 Å². The summed E-state index contributed by atoms with van der Waals surface area (Å²) in [4.78, 5) is 2.53. The van der Waals surface area contributed by atoms with Crippen molar-refractivity contribution in [3.8, 4) is 0 Å². The summed E-state index contributed by atoms with van der Waals surface area (Å²) in [7, 11) is 0. The summed E-state index contributed by atoms with van der Waals surface area (Å²) in [5.41, 5.74) is 0. The number of nitrogens with zero attached hydrogens (tertiary/aromatic N) is 1. The van der Waals surface area contributed by atoms with Gasteiger partial charge in [0.25, 0.3) is 0 Å². The molecule has 0 aromatic heterocycles. The van der Waals surface area contributed by atoms with Crippen molar-refractivity contribution in [3.05, 3.63) is 0 Å². The van der Waals surface area contributed by atoms with Gasteiger partial charge in [0.1, 0.15) is 0 Å². The van der Waals surface area contributed by atoms with Crippen LogP contribution < -0.4 is 5.32 Å². The fourth-order valence-corrected chi connectivity index (χ4v) is 1.51. The standard InChI is InChI=1S/C7H15N.C4H11N.C3H8/c1-7(2)8-5-3-4-6-8;1-3-5-4-2;1-3-2/h7H,3-6H2,1-2H3;5H,3-4H2,1-2H3;3H2,1-2H3. The fourth-order valence-electron chi connectivity index (χ4n) is 1.51. The van der Waals surface area contributed by atoms with Gasteiger partial charge in [0.2, 0.25) is 0 Å². The van der Waals surface area contributed by atoms with Gasteiger partial charge < -0.3 is 10.2 Å². The molecule has 1 aliphatic rings. The lowest BCUT2D eigenvalue weighted by atomic mass is 10.3. The zero-order valence-electron chi connectivity index (χ0n) is 12.5. The number of hydrogen-bond acceptors (Lipinski definition) is 2. The highest BCUT2D eigenvalue weighted by atomic mass is 15.2. The number of rotatable bonds is 3. The monoisotopic (exact) mass is 230 g/mol. The van der Waals surface area contributed by atoms with Crippen LogP contribution in [0.1, 0.15) is 60.8 Å². The third-order valence-corrected chi connectivity index (χ3v) is 2.37. The topological polar surface area (TPSA) is 15.3 Å². The van der Waals surface area contributed by atoms with Gasteiger partial charge in [-0.2, -0.15) is 0 Å². The second-order valence-electron chi connectivity index (χ2n) is 4.50. The summed E-state index contributed by atoms with van der Waals surface area (Å²) in [5, 5.41) is 3.11. The lowest BCUT2D eigenvalue weighted by molar-refractivity contribution is 0.276. The first-order chi connectivity index (χ1) is 7.63. The van der Waals surface area contributed by atoms with Gasteiger partial charge in [-0.1, -0.05) is 34.1 Å². The molecule has 0 saturated carbocycles. The first-order valence-electron chi connectivity index (χ1n) is 7.08. The van der Waals surface area contributed by atoms with E-state index in [2.05, 4.69) is 51.8 Å². The molecule has 0 aliphatic carbocycles. The Morgan fingerprint density at radius 1 is 0.938 bits per heavy atom. The van der Waals surface area contributed by atoms with Gasteiger partial charge in [0.15, 0.2) is 0 Å². The van der Waals surface area contributed by atoms with E-state index in [0.717, 1.165) is 19.1 Å². The van der Waals surface area contributed by atoms with Crippen LogP contribution in [0.4, 0.5) is 0 Å². The molecule has 0 atom stereocenters. The zero-order valence-corrected chi connectivity index (χ0v) is 12.5. The predicted molar refractivity (Wildman–Crippen MR) is 76.1 cm³/mol. The highest BCUT2D eigenvalue weighted by molar-refractivity contribution is 4.68. The third kappa shape index (κ3) is 13.9. The Labute approximate surface area is 104 Å². The summed E-state index contributed by atoms with van der Waals surface area (Å²) in [5.74, 6) is 0. The summed E-state index contributed by atoms with van der Waals surface area (Å²) >= 11 is 0. The van der Waals surface area contributed by atoms with Gasteiger partial charge in [-0.3, -0.25) is 0 Å². The van der Waals surface area contributed by atoms with Gasteiger partial charge >= 0.3 is 0 Å². The minimum absolute atomic E-state index is 0.775. The van der Waals surface area contributed by atoms with Crippen LogP contribution in [0, 0.1) is 0 Å². The van der Waals surface area contributed by atoms with E-state index >= 15 is 0 Å². The first-order valence-corrected chi connectivity index (χ1v) is 7.08. The maximum Gasteiger partial charge on any atom is 0.00385 e. The molecule has 100 valence electrons. The molecule has 0 aromatic carbocycles. The van der Waals surface area contributed by atoms with Gasteiger partial charge in [0, 0.05) is 6.04 Å². The Balaban J connectivity index is 0. The summed E-state index contributed by atoms with van der Waals surface area (Å²) in [6.07, 6.45) is 4.08. The molecule has 0 bridgehead atoms. The molecule has 0 aromatic rings. The average molecular weight is 230 g/mol. The summed E-state index contributed by atoms with van der Waals surface area (Å²) in [6.45, 7) is 17.8. The molecule has 0 amide bonds. The quantitative estimate of drug-likeness (QED) is 0.798. The van der Waals surface area contributed by atoms with E-state index in [0.29, 0.717) is 0 Å². The smallest absolute Gasteiger partial charge is 0.00385 e. The van der Waals surface area contributed by atoms with E-state index in [1.165, 1.54) is 32.4 Å². The minimum atomic E-state index is 0.775. The summed E-state index contributed by atoms with van der Waals surface area (Å²) in [6, 6.07) is 0.775. The van der Waals surface area contributed by atoms with Crippen molar-refractivity contribution in [3.63, 3.8) is 0 Å². The highest BCUT2D eigenvalue weighted by Gasteiger charge is 2.13. The maximum absolute atomic E-state index is 3.11. The molecule has 2 nitrogen and oxygen atoms in total. The second-order valence-corrected chi connectivity index (χ2v) is 4.50. The largest absolute Gasteiger partial charge is 0.317 e. The molecule has 0 unspecified atom stereocenters. The Bertz CT molecular complexity index is 105. The molecule has 16 heavy (non-hydrogen) atoms. The molecule has 0 spiro atoms. The average Bonchev–Trinajstić information content (AvgIpc) is 2.74. The number of hydrogen-bond donors (Lipinski definition) is 1. The molecular formula is C14H34N2. The van der Waals surface area contributed by atoms with E-state index in [4.69, 9.17) is 0 Å². The normalized spacial score (nSPS) is 15.2. The lowest BCUT2D eigenvalue weighted by Crippen LogP contribution is -2.26. The highest BCUT2D eigenvalue weighted by Crippen LogP contribution is 2.09. The first kappa shape index (κ1) is 18.3. The Kier molecular flexibility index (Phi) is 17.1. The van der Waals surface area contributed by atoms with Crippen molar-refractivity contribution in [2.45, 2.75) is 66.8 Å². The van der Waals surface area contributed by atoms with Crippen LogP contribution in [0.3, 0.4) is 0 Å². The minimum Gasteiger partial charge on any atom is -0.317 e.